The molecule has 46 heavy (non-hydrogen) atoms. The summed E-state index contributed by atoms with van der Waals surface area (Å²) in [5.41, 5.74) is 0.236. The summed E-state index contributed by atoms with van der Waals surface area (Å²) in [4.78, 5) is 18.5. The largest absolute Gasteiger partial charge is 0.416 e. The lowest BCUT2D eigenvalue weighted by Crippen LogP contribution is -2.41. The lowest BCUT2D eigenvalue weighted by atomic mass is 9.73. The lowest BCUT2D eigenvalue weighted by Gasteiger charge is -2.37. The van der Waals surface area contributed by atoms with Crippen LogP contribution in [0.4, 0.5) is 23.2 Å². The molecule has 3 aromatic carbocycles. The van der Waals surface area contributed by atoms with Crippen LogP contribution in [-0.2, 0) is 6.18 Å². The third-order valence-electron chi connectivity index (χ3n) is 8.59. The van der Waals surface area contributed by atoms with Gasteiger partial charge in [0.15, 0.2) is 0 Å². The number of carbonyl (C=O) groups is 1. The van der Waals surface area contributed by atoms with Gasteiger partial charge in [-0.15, -0.1) is 0 Å². The minimum atomic E-state index is -4.53. The van der Waals surface area contributed by atoms with Crippen molar-refractivity contribution in [1.29, 1.82) is 0 Å². The Bertz CT molecular complexity index is 1400. The summed E-state index contributed by atoms with van der Waals surface area (Å²) in [6, 6.07) is 17.5. The summed E-state index contributed by atoms with van der Waals surface area (Å²) in [6.07, 6.45) is 3.38. The van der Waals surface area contributed by atoms with Crippen molar-refractivity contribution in [2.75, 3.05) is 12.4 Å². The molecule has 10 heteroatoms. The molecule has 0 aromatic heterocycles. The Balaban J connectivity index is 2.05. The van der Waals surface area contributed by atoms with Gasteiger partial charge in [0.2, 0.25) is 5.96 Å². The number of amides is 1. The number of hydrogen-bond acceptors (Lipinski definition) is 3. The molecule has 0 radical (unpaired) electrons. The summed E-state index contributed by atoms with van der Waals surface area (Å²) < 4.78 is 53.8. The molecule has 0 spiro atoms. The molecule has 250 valence electrons. The molecule has 0 fully saturated rings. The van der Waals surface area contributed by atoms with E-state index >= 15 is 0 Å². The van der Waals surface area contributed by atoms with Crippen LogP contribution in [0, 0.1) is 11.2 Å². The lowest BCUT2D eigenvalue weighted by molar-refractivity contribution is -0.137. The normalized spacial score (nSPS) is 14.8. The van der Waals surface area contributed by atoms with E-state index in [1.807, 2.05) is 25.2 Å². The molecule has 3 N–H and O–H groups in total. The minimum absolute atomic E-state index is 0.0166. The summed E-state index contributed by atoms with van der Waals surface area (Å²) in [5.74, 6) is -1.19. The number of guanidine groups is 1. The van der Waals surface area contributed by atoms with Gasteiger partial charge in [0, 0.05) is 22.3 Å². The molecule has 0 saturated heterocycles. The first-order chi connectivity index (χ1) is 21.9. The fraction of sp³-hybridized carbons (Fsp3) is 0.444. The van der Waals surface area contributed by atoms with E-state index in [-0.39, 0.29) is 39.7 Å². The Hall–Kier alpha value is -3.43. The highest BCUT2D eigenvalue weighted by Crippen LogP contribution is 2.39. The van der Waals surface area contributed by atoms with Gasteiger partial charge in [-0.25, -0.2) is 9.38 Å². The monoisotopic (exact) mass is 660 g/mol. The first-order valence-electron chi connectivity index (χ1n) is 15.9. The topological polar surface area (TPSA) is 65.5 Å². The maximum absolute atomic E-state index is 14.3. The predicted octanol–water partition coefficient (Wildman–Crippen LogP) is 10.2. The van der Waals surface area contributed by atoms with Crippen molar-refractivity contribution in [1.82, 2.24) is 10.6 Å². The van der Waals surface area contributed by atoms with Gasteiger partial charge in [-0.2, -0.15) is 13.2 Å². The van der Waals surface area contributed by atoms with Crippen LogP contribution in [0.3, 0.4) is 0 Å². The standard InChI is InChI=1S/C36H45ClF4N4O/c1-5-7-8-9-13-20-35(3,6-2)32(24-31(42-4)25-14-11-10-12-15-25)44-34(43-30-22-28(37)21-29(38)23-30)45-33(46)26-16-18-27(19-17-26)36(39,40)41/h10-12,14-19,21-23,31-32,42H,5-9,13,20,24H2,1-4H3,(H2,43,44,45,46). The van der Waals surface area contributed by atoms with E-state index in [2.05, 4.69) is 48.9 Å². The van der Waals surface area contributed by atoms with Gasteiger partial charge in [-0.3, -0.25) is 10.1 Å². The number of carbonyl (C=O) groups excluding carboxylic acids is 1. The van der Waals surface area contributed by atoms with Crippen molar-refractivity contribution in [3.05, 3.63) is 100 Å². The van der Waals surface area contributed by atoms with Crippen molar-refractivity contribution < 1.29 is 22.4 Å². The molecule has 0 aliphatic rings. The second kappa shape index (κ2) is 17.5. The van der Waals surface area contributed by atoms with Gasteiger partial charge in [0.1, 0.15) is 5.82 Å². The summed E-state index contributed by atoms with van der Waals surface area (Å²) in [5, 5.41) is 9.35. The molecule has 1 amide bonds. The van der Waals surface area contributed by atoms with Crippen LogP contribution >= 0.6 is 11.6 Å². The van der Waals surface area contributed by atoms with E-state index in [0.29, 0.717) is 6.42 Å². The highest BCUT2D eigenvalue weighted by atomic mass is 35.5. The molecule has 0 aliphatic carbocycles. The smallest absolute Gasteiger partial charge is 0.326 e. The third-order valence-corrected chi connectivity index (χ3v) is 8.81. The SMILES string of the molecule is CCCCCCCC(C)(CC)C(CC(NC)c1ccccc1)N=C(NC(=O)c1ccc(C(F)(F)F)cc1)Nc1cc(F)cc(Cl)c1. The van der Waals surface area contributed by atoms with Crippen LogP contribution in [0.25, 0.3) is 0 Å². The molecular weight excluding hydrogens is 616 g/mol. The van der Waals surface area contributed by atoms with E-state index in [9.17, 15) is 22.4 Å². The highest BCUT2D eigenvalue weighted by molar-refractivity contribution is 6.31. The van der Waals surface area contributed by atoms with Crippen LogP contribution in [0.5, 0.6) is 0 Å². The van der Waals surface area contributed by atoms with Crippen molar-refractivity contribution in [2.24, 2.45) is 10.4 Å². The van der Waals surface area contributed by atoms with Gasteiger partial charge < -0.3 is 10.6 Å². The highest BCUT2D eigenvalue weighted by Gasteiger charge is 2.35. The zero-order valence-corrected chi connectivity index (χ0v) is 27.7. The van der Waals surface area contributed by atoms with Gasteiger partial charge in [-0.05, 0) is 79.8 Å². The predicted molar refractivity (Wildman–Crippen MR) is 180 cm³/mol. The Labute approximate surface area is 275 Å². The van der Waals surface area contributed by atoms with Crippen molar-refractivity contribution in [2.45, 2.75) is 90.4 Å². The molecule has 3 aromatic rings. The average Bonchev–Trinajstić information content (AvgIpc) is 3.02. The van der Waals surface area contributed by atoms with Crippen LogP contribution in [0.1, 0.15) is 99.7 Å². The Morgan fingerprint density at radius 2 is 1.61 bits per heavy atom. The zero-order valence-electron chi connectivity index (χ0n) is 27.0. The van der Waals surface area contributed by atoms with Crippen molar-refractivity contribution >= 4 is 29.2 Å². The van der Waals surface area contributed by atoms with E-state index in [4.69, 9.17) is 16.6 Å². The van der Waals surface area contributed by atoms with Gasteiger partial charge in [0.25, 0.3) is 5.91 Å². The Kier molecular flexibility index (Phi) is 14.1. The zero-order chi connectivity index (χ0) is 33.7. The van der Waals surface area contributed by atoms with Crippen LogP contribution in [0.15, 0.2) is 77.8 Å². The number of halogens is 5. The average molecular weight is 661 g/mol. The molecule has 0 aliphatic heterocycles. The number of nitrogens with zero attached hydrogens (tertiary/aromatic N) is 1. The number of benzene rings is 3. The number of unbranched alkanes of at least 4 members (excludes halogenated alkanes) is 4. The second-order valence-electron chi connectivity index (χ2n) is 12.0. The number of hydrogen-bond donors (Lipinski definition) is 3. The summed E-state index contributed by atoms with van der Waals surface area (Å²) in [6.45, 7) is 6.51. The maximum Gasteiger partial charge on any atom is 0.416 e. The van der Waals surface area contributed by atoms with Crippen LogP contribution < -0.4 is 16.0 Å². The molecule has 5 nitrogen and oxygen atoms in total. The number of nitrogens with one attached hydrogen (secondary N) is 3. The van der Waals surface area contributed by atoms with Gasteiger partial charge >= 0.3 is 6.18 Å². The first kappa shape index (κ1) is 37.0. The Morgan fingerprint density at radius 3 is 2.20 bits per heavy atom. The minimum Gasteiger partial charge on any atom is -0.326 e. The Morgan fingerprint density at radius 1 is 0.935 bits per heavy atom. The number of anilines is 1. The van der Waals surface area contributed by atoms with Crippen molar-refractivity contribution in [3.63, 3.8) is 0 Å². The number of rotatable bonds is 15. The maximum atomic E-state index is 14.3. The molecular formula is C36H45ClF4N4O. The van der Waals surface area contributed by atoms with Crippen LogP contribution in [-0.4, -0.2) is 25.0 Å². The number of alkyl halides is 3. The van der Waals surface area contributed by atoms with E-state index < -0.39 is 23.5 Å². The molecule has 0 saturated carbocycles. The molecule has 0 bridgehead atoms. The van der Waals surface area contributed by atoms with E-state index in [1.54, 1.807) is 0 Å². The number of aliphatic imine (C=N–C) groups is 1. The first-order valence-corrected chi connectivity index (χ1v) is 16.3. The molecule has 3 atom stereocenters. The summed E-state index contributed by atoms with van der Waals surface area (Å²) >= 11 is 6.13. The van der Waals surface area contributed by atoms with Gasteiger partial charge in [0.05, 0.1) is 11.6 Å². The van der Waals surface area contributed by atoms with Gasteiger partial charge in [-0.1, -0.05) is 94.8 Å². The van der Waals surface area contributed by atoms with Crippen molar-refractivity contribution in [3.8, 4) is 0 Å². The quantitative estimate of drug-likeness (QED) is 0.0658. The molecule has 3 unspecified atom stereocenters. The molecule has 0 heterocycles. The van der Waals surface area contributed by atoms with E-state index in [1.165, 1.54) is 18.6 Å². The third kappa shape index (κ3) is 11.1. The fourth-order valence-electron chi connectivity index (χ4n) is 5.54. The second-order valence-corrected chi connectivity index (χ2v) is 12.4. The summed E-state index contributed by atoms with van der Waals surface area (Å²) in [7, 11) is 1.90. The molecule has 3 rings (SSSR count). The fourth-order valence-corrected chi connectivity index (χ4v) is 5.76. The van der Waals surface area contributed by atoms with E-state index in [0.717, 1.165) is 74.4 Å². The van der Waals surface area contributed by atoms with Crippen LogP contribution in [0.2, 0.25) is 5.02 Å².